The van der Waals surface area contributed by atoms with E-state index in [2.05, 4.69) is 6.58 Å². The summed E-state index contributed by atoms with van der Waals surface area (Å²) >= 11 is 0. The molecule has 1 heteroatoms. The van der Waals surface area contributed by atoms with E-state index in [1.165, 1.54) is 5.56 Å². The second kappa shape index (κ2) is 3.35. The van der Waals surface area contributed by atoms with E-state index >= 15 is 0 Å². The Morgan fingerprint density at radius 3 is 2.82 bits per heavy atom. The SMILES string of the molecule is C=C(CO)c1cccc(C)c1. The van der Waals surface area contributed by atoms with Gasteiger partial charge in [-0.2, -0.15) is 0 Å². The van der Waals surface area contributed by atoms with Gasteiger partial charge in [0.2, 0.25) is 0 Å². The average Bonchev–Trinajstić information content (AvgIpc) is 2.03. The molecule has 1 nitrogen and oxygen atoms in total. The molecule has 0 radical (unpaired) electrons. The van der Waals surface area contributed by atoms with Crippen LogP contribution in [-0.2, 0) is 0 Å². The first-order chi connectivity index (χ1) is 5.24. The Morgan fingerprint density at radius 2 is 2.27 bits per heavy atom. The summed E-state index contributed by atoms with van der Waals surface area (Å²) in [6.45, 7) is 5.79. The Morgan fingerprint density at radius 1 is 1.55 bits per heavy atom. The van der Waals surface area contributed by atoms with Crippen LogP contribution in [0.15, 0.2) is 30.8 Å². The summed E-state index contributed by atoms with van der Waals surface area (Å²) in [5.41, 5.74) is 2.98. The highest BCUT2D eigenvalue weighted by atomic mass is 16.3. The maximum atomic E-state index is 8.78. The molecule has 0 bridgehead atoms. The first kappa shape index (κ1) is 8.02. The van der Waals surface area contributed by atoms with Crippen LogP contribution in [0.3, 0.4) is 0 Å². The van der Waals surface area contributed by atoms with E-state index in [1.807, 2.05) is 31.2 Å². The molecule has 1 N–H and O–H groups in total. The molecule has 0 spiro atoms. The zero-order valence-electron chi connectivity index (χ0n) is 6.67. The Kier molecular flexibility index (Phi) is 2.44. The highest BCUT2D eigenvalue weighted by Gasteiger charge is 1.95. The molecule has 0 aromatic heterocycles. The van der Waals surface area contributed by atoms with Gasteiger partial charge in [0.1, 0.15) is 0 Å². The van der Waals surface area contributed by atoms with E-state index in [0.29, 0.717) is 0 Å². The monoisotopic (exact) mass is 148 g/mol. The van der Waals surface area contributed by atoms with Crippen molar-refractivity contribution in [3.63, 3.8) is 0 Å². The molecule has 0 saturated carbocycles. The number of hydrogen-bond acceptors (Lipinski definition) is 1. The third-order valence-corrected chi connectivity index (χ3v) is 1.62. The lowest BCUT2D eigenvalue weighted by Crippen LogP contribution is -1.88. The van der Waals surface area contributed by atoms with E-state index in [-0.39, 0.29) is 6.61 Å². The van der Waals surface area contributed by atoms with Crippen molar-refractivity contribution in [1.29, 1.82) is 0 Å². The van der Waals surface area contributed by atoms with E-state index in [0.717, 1.165) is 11.1 Å². The van der Waals surface area contributed by atoms with Crippen molar-refractivity contribution in [2.75, 3.05) is 6.61 Å². The summed E-state index contributed by atoms with van der Waals surface area (Å²) < 4.78 is 0. The van der Waals surface area contributed by atoms with Gasteiger partial charge in [-0.3, -0.25) is 0 Å². The maximum absolute atomic E-state index is 8.78. The topological polar surface area (TPSA) is 20.2 Å². The molecule has 0 heterocycles. The zero-order chi connectivity index (χ0) is 8.27. The molecule has 0 atom stereocenters. The van der Waals surface area contributed by atoms with Crippen molar-refractivity contribution >= 4 is 5.57 Å². The molecule has 0 aliphatic heterocycles. The van der Waals surface area contributed by atoms with Gasteiger partial charge in [0.15, 0.2) is 0 Å². The standard InChI is InChI=1S/C10H12O/c1-8-4-3-5-10(6-8)9(2)7-11/h3-6,11H,2,7H2,1H3. The van der Waals surface area contributed by atoms with Crippen LogP contribution in [0, 0.1) is 6.92 Å². The van der Waals surface area contributed by atoms with Gasteiger partial charge in [0.05, 0.1) is 6.61 Å². The smallest absolute Gasteiger partial charge is 0.0681 e. The highest BCUT2D eigenvalue weighted by Crippen LogP contribution is 2.12. The zero-order valence-corrected chi connectivity index (χ0v) is 6.67. The number of aryl methyl sites for hydroxylation is 1. The quantitative estimate of drug-likeness (QED) is 0.680. The summed E-state index contributed by atoms with van der Waals surface area (Å²) in [6, 6.07) is 7.95. The molecule has 0 aliphatic rings. The summed E-state index contributed by atoms with van der Waals surface area (Å²) in [5.74, 6) is 0. The van der Waals surface area contributed by atoms with Gasteiger partial charge in [0.25, 0.3) is 0 Å². The van der Waals surface area contributed by atoms with Crippen LogP contribution in [0.4, 0.5) is 0 Å². The lowest BCUT2D eigenvalue weighted by Gasteiger charge is -2.01. The van der Waals surface area contributed by atoms with Gasteiger partial charge in [0, 0.05) is 0 Å². The van der Waals surface area contributed by atoms with Crippen molar-refractivity contribution in [2.45, 2.75) is 6.92 Å². The Bertz CT molecular complexity index is 263. The molecule has 0 fully saturated rings. The van der Waals surface area contributed by atoms with Gasteiger partial charge in [-0.25, -0.2) is 0 Å². The molecule has 1 rings (SSSR count). The molecule has 1 aromatic carbocycles. The predicted octanol–water partition coefficient (Wildman–Crippen LogP) is 2.00. The summed E-state index contributed by atoms with van der Waals surface area (Å²) in [6.07, 6.45) is 0. The number of rotatable bonds is 2. The molecule has 0 aliphatic carbocycles. The number of hydrogen-bond donors (Lipinski definition) is 1. The molecule has 0 amide bonds. The summed E-state index contributed by atoms with van der Waals surface area (Å²) in [5, 5.41) is 8.78. The van der Waals surface area contributed by atoms with Crippen molar-refractivity contribution in [1.82, 2.24) is 0 Å². The highest BCUT2D eigenvalue weighted by molar-refractivity contribution is 5.64. The Hall–Kier alpha value is -1.08. The minimum absolute atomic E-state index is 0.0312. The van der Waals surface area contributed by atoms with Crippen LogP contribution in [0.5, 0.6) is 0 Å². The molecule has 0 saturated heterocycles. The average molecular weight is 148 g/mol. The van der Waals surface area contributed by atoms with Gasteiger partial charge < -0.3 is 5.11 Å². The van der Waals surface area contributed by atoms with E-state index in [1.54, 1.807) is 0 Å². The fourth-order valence-corrected chi connectivity index (χ4v) is 0.956. The first-order valence-electron chi connectivity index (χ1n) is 3.59. The number of aliphatic hydroxyl groups is 1. The predicted molar refractivity (Wildman–Crippen MR) is 47.3 cm³/mol. The van der Waals surface area contributed by atoms with Crippen LogP contribution in [-0.4, -0.2) is 11.7 Å². The van der Waals surface area contributed by atoms with Crippen molar-refractivity contribution in [3.8, 4) is 0 Å². The van der Waals surface area contributed by atoms with Crippen molar-refractivity contribution in [2.24, 2.45) is 0 Å². The maximum Gasteiger partial charge on any atom is 0.0681 e. The van der Waals surface area contributed by atoms with Crippen LogP contribution >= 0.6 is 0 Å². The van der Waals surface area contributed by atoms with E-state index < -0.39 is 0 Å². The van der Waals surface area contributed by atoms with Gasteiger partial charge in [-0.1, -0.05) is 36.4 Å². The van der Waals surface area contributed by atoms with Gasteiger partial charge in [-0.05, 0) is 18.1 Å². The second-order valence-electron chi connectivity index (χ2n) is 2.63. The molecule has 1 aromatic rings. The Labute approximate surface area is 67.0 Å². The largest absolute Gasteiger partial charge is 0.392 e. The minimum Gasteiger partial charge on any atom is -0.392 e. The molecule has 0 unspecified atom stereocenters. The second-order valence-corrected chi connectivity index (χ2v) is 2.63. The van der Waals surface area contributed by atoms with Gasteiger partial charge >= 0.3 is 0 Å². The third kappa shape index (κ3) is 1.92. The van der Waals surface area contributed by atoms with Crippen molar-refractivity contribution in [3.05, 3.63) is 42.0 Å². The Balaban J connectivity index is 2.96. The summed E-state index contributed by atoms with van der Waals surface area (Å²) in [4.78, 5) is 0. The van der Waals surface area contributed by atoms with Crippen LogP contribution in [0.2, 0.25) is 0 Å². The first-order valence-corrected chi connectivity index (χ1v) is 3.59. The lowest BCUT2D eigenvalue weighted by atomic mass is 10.1. The van der Waals surface area contributed by atoms with E-state index in [4.69, 9.17) is 5.11 Å². The third-order valence-electron chi connectivity index (χ3n) is 1.62. The molecular weight excluding hydrogens is 136 g/mol. The molecule has 11 heavy (non-hydrogen) atoms. The van der Waals surface area contributed by atoms with Crippen molar-refractivity contribution < 1.29 is 5.11 Å². The van der Waals surface area contributed by atoms with E-state index in [9.17, 15) is 0 Å². The fraction of sp³-hybridized carbons (Fsp3) is 0.200. The molecular formula is C10H12O. The molecule has 58 valence electrons. The minimum atomic E-state index is 0.0312. The van der Waals surface area contributed by atoms with Crippen LogP contribution < -0.4 is 0 Å². The van der Waals surface area contributed by atoms with Crippen LogP contribution in [0.1, 0.15) is 11.1 Å². The van der Waals surface area contributed by atoms with Gasteiger partial charge in [-0.15, -0.1) is 0 Å². The normalized spacial score (nSPS) is 9.64. The lowest BCUT2D eigenvalue weighted by molar-refractivity contribution is 0.350. The van der Waals surface area contributed by atoms with Crippen LogP contribution in [0.25, 0.3) is 5.57 Å². The number of benzene rings is 1. The fourth-order valence-electron chi connectivity index (χ4n) is 0.956. The summed E-state index contributed by atoms with van der Waals surface area (Å²) in [7, 11) is 0. The number of aliphatic hydroxyl groups excluding tert-OH is 1.